The standard InChI is InChI=1S/C12H17NO3/c1-9(2)6-7-16-11-5-4-10(8-13-11)12(14)15-3/h4-5,8-9H,6-7H2,1-3H3. The number of rotatable bonds is 5. The van der Waals surface area contributed by atoms with Gasteiger partial charge < -0.3 is 9.47 Å². The lowest BCUT2D eigenvalue weighted by Crippen LogP contribution is -2.04. The van der Waals surface area contributed by atoms with E-state index in [9.17, 15) is 4.79 Å². The minimum Gasteiger partial charge on any atom is -0.478 e. The molecule has 1 heterocycles. The van der Waals surface area contributed by atoms with Gasteiger partial charge in [-0.3, -0.25) is 0 Å². The van der Waals surface area contributed by atoms with E-state index < -0.39 is 0 Å². The van der Waals surface area contributed by atoms with Crippen LogP contribution in [0.1, 0.15) is 30.6 Å². The molecule has 0 aliphatic heterocycles. The fraction of sp³-hybridized carbons (Fsp3) is 0.500. The van der Waals surface area contributed by atoms with Gasteiger partial charge in [0, 0.05) is 12.3 Å². The average molecular weight is 223 g/mol. The third-order valence-corrected chi connectivity index (χ3v) is 2.10. The SMILES string of the molecule is COC(=O)c1ccc(OCCC(C)C)nc1. The van der Waals surface area contributed by atoms with Gasteiger partial charge in [0.15, 0.2) is 0 Å². The molecule has 0 fully saturated rings. The molecule has 0 unspecified atom stereocenters. The Bertz CT molecular complexity index is 333. The molecule has 0 N–H and O–H groups in total. The van der Waals surface area contributed by atoms with Crippen molar-refractivity contribution in [2.24, 2.45) is 5.92 Å². The summed E-state index contributed by atoms with van der Waals surface area (Å²) in [6.07, 6.45) is 2.44. The summed E-state index contributed by atoms with van der Waals surface area (Å²) in [6.45, 7) is 4.91. The van der Waals surface area contributed by atoms with Gasteiger partial charge in [0.05, 0.1) is 19.3 Å². The van der Waals surface area contributed by atoms with E-state index in [-0.39, 0.29) is 5.97 Å². The van der Waals surface area contributed by atoms with Crippen LogP contribution in [0, 0.1) is 5.92 Å². The van der Waals surface area contributed by atoms with Gasteiger partial charge in [-0.25, -0.2) is 9.78 Å². The summed E-state index contributed by atoms with van der Waals surface area (Å²) in [4.78, 5) is 15.1. The number of methoxy groups -OCH3 is 1. The maximum atomic E-state index is 11.1. The van der Waals surface area contributed by atoms with Crippen molar-refractivity contribution in [1.82, 2.24) is 4.98 Å². The number of esters is 1. The van der Waals surface area contributed by atoms with Crippen LogP contribution in [0.3, 0.4) is 0 Å². The second-order valence-electron chi connectivity index (χ2n) is 3.91. The second-order valence-corrected chi connectivity index (χ2v) is 3.91. The summed E-state index contributed by atoms with van der Waals surface area (Å²) in [5.74, 6) is 0.754. The van der Waals surface area contributed by atoms with Gasteiger partial charge in [0.25, 0.3) is 0 Å². The maximum absolute atomic E-state index is 11.1. The first-order valence-corrected chi connectivity index (χ1v) is 5.30. The Kier molecular flexibility index (Phi) is 4.76. The van der Waals surface area contributed by atoms with Crippen molar-refractivity contribution in [3.8, 4) is 5.88 Å². The lowest BCUT2D eigenvalue weighted by atomic mass is 10.1. The molecule has 0 spiro atoms. The van der Waals surface area contributed by atoms with Crippen molar-refractivity contribution in [3.63, 3.8) is 0 Å². The van der Waals surface area contributed by atoms with Crippen LogP contribution in [0.25, 0.3) is 0 Å². The fourth-order valence-corrected chi connectivity index (χ4v) is 1.10. The van der Waals surface area contributed by atoms with Crippen LogP contribution in [0.4, 0.5) is 0 Å². The first kappa shape index (κ1) is 12.5. The largest absolute Gasteiger partial charge is 0.478 e. The number of nitrogens with zero attached hydrogens (tertiary/aromatic N) is 1. The van der Waals surface area contributed by atoms with E-state index >= 15 is 0 Å². The molecule has 0 atom stereocenters. The first-order chi connectivity index (χ1) is 7.63. The van der Waals surface area contributed by atoms with Gasteiger partial charge in [-0.2, -0.15) is 0 Å². The number of hydrogen-bond donors (Lipinski definition) is 0. The van der Waals surface area contributed by atoms with E-state index in [0.29, 0.717) is 24.0 Å². The third-order valence-electron chi connectivity index (χ3n) is 2.10. The lowest BCUT2D eigenvalue weighted by Gasteiger charge is -2.07. The van der Waals surface area contributed by atoms with Crippen LogP contribution in [0.15, 0.2) is 18.3 Å². The van der Waals surface area contributed by atoms with Gasteiger partial charge in [-0.1, -0.05) is 13.8 Å². The highest BCUT2D eigenvalue weighted by Gasteiger charge is 2.05. The van der Waals surface area contributed by atoms with Crippen LogP contribution < -0.4 is 4.74 Å². The van der Waals surface area contributed by atoms with Crippen LogP contribution >= 0.6 is 0 Å². The molecule has 0 aliphatic carbocycles. The molecule has 0 saturated carbocycles. The van der Waals surface area contributed by atoms with Gasteiger partial charge in [0.1, 0.15) is 0 Å². The molecule has 0 aromatic carbocycles. The molecule has 0 aliphatic rings. The van der Waals surface area contributed by atoms with Crippen LogP contribution in [-0.4, -0.2) is 24.7 Å². The van der Waals surface area contributed by atoms with E-state index in [1.165, 1.54) is 13.3 Å². The Morgan fingerprint density at radius 1 is 1.44 bits per heavy atom. The Morgan fingerprint density at radius 2 is 2.19 bits per heavy atom. The van der Waals surface area contributed by atoms with Crippen LogP contribution in [-0.2, 0) is 4.74 Å². The molecule has 16 heavy (non-hydrogen) atoms. The summed E-state index contributed by atoms with van der Waals surface area (Å²) >= 11 is 0. The number of carbonyl (C=O) groups excluding carboxylic acids is 1. The summed E-state index contributed by atoms with van der Waals surface area (Å²) in [5.41, 5.74) is 0.429. The number of ether oxygens (including phenoxy) is 2. The predicted molar refractivity (Wildman–Crippen MR) is 60.5 cm³/mol. The zero-order chi connectivity index (χ0) is 12.0. The summed E-state index contributed by atoms with van der Waals surface area (Å²) in [5, 5.41) is 0. The second kappa shape index (κ2) is 6.10. The van der Waals surface area contributed by atoms with Gasteiger partial charge in [-0.05, 0) is 18.4 Å². The zero-order valence-corrected chi connectivity index (χ0v) is 9.90. The van der Waals surface area contributed by atoms with Crippen LogP contribution in [0.2, 0.25) is 0 Å². The van der Waals surface area contributed by atoms with Crippen molar-refractivity contribution < 1.29 is 14.3 Å². The lowest BCUT2D eigenvalue weighted by molar-refractivity contribution is 0.0600. The Labute approximate surface area is 95.6 Å². The highest BCUT2D eigenvalue weighted by Crippen LogP contribution is 2.09. The summed E-state index contributed by atoms with van der Waals surface area (Å²) < 4.78 is 9.99. The third kappa shape index (κ3) is 3.88. The molecule has 4 nitrogen and oxygen atoms in total. The van der Waals surface area contributed by atoms with E-state index in [1.807, 2.05) is 0 Å². The number of pyridine rings is 1. The minimum absolute atomic E-state index is 0.388. The molecule has 0 bridgehead atoms. The van der Waals surface area contributed by atoms with Crippen molar-refractivity contribution in [3.05, 3.63) is 23.9 Å². The molecule has 1 rings (SSSR count). The normalized spacial score (nSPS) is 10.2. The minimum atomic E-state index is -0.388. The highest BCUT2D eigenvalue weighted by molar-refractivity contribution is 5.88. The van der Waals surface area contributed by atoms with Crippen molar-refractivity contribution >= 4 is 5.97 Å². The van der Waals surface area contributed by atoms with Gasteiger partial charge in [0.2, 0.25) is 5.88 Å². The Balaban J connectivity index is 2.48. The Hall–Kier alpha value is -1.58. The molecule has 0 amide bonds. The quantitative estimate of drug-likeness (QED) is 0.718. The first-order valence-electron chi connectivity index (χ1n) is 5.30. The van der Waals surface area contributed by atoms with Gasteiger partial charge in [-0.15, -0.1) is 0 Å². The van der Waals surface area contributed by atoms with Crippen molar-refractivity contribution in [1.29, 1.82) is 0 Å². The molecule has 1 aromatic rings. The van der Waals surface area contributed by atoms with Crippen molar-refractivity contribution in [2.75, 3.05) is 13.7 Å². The molecule has 4 heteroatoms. The summed E-state index contributed by atoms with van der Waals surface area (Å²) in [6, 6.07) is 3.32. The number of aromatic nitrogens is 1. The monoisotopic (exact) mass is 223 g/mol. The maximum Gasteiger partial charge on any atom is 0.339 e. The molecule has 0 radical (unpaired) electrons. The van der Waals surface area contributed by atoms with Crippen molar-refractivity contribution in [2.45, 2.75) is 20.3 Å². The molecular weight excluding hydrogens is 206 g/mol. The van der Waals surface area contributed by atoms with E-state index in [4.69, 9.17) is 4.74 Å². The highest BCUT2D eigenvalue weighted by atomic mass is 16.5. The zero-order valence-electron chi connectivity index (χ0n) is 9.90. The Morgan fingerprint density at radius 3 is 2.69 bits per heavy atom. The molecule has 1 aromatic heterocycles. The topological polar surface area (TPSA) is 48.4 Å². The number of carbonyl (C=O) groups is 1. The smallest absolute Gasteiger partial charge is 0.339 e. The van der Waals surface area contributed by atoms with E-state index in [1.54, 1.807) is 12.1 Å². The van der Waals surface area contributed by atoms with Gasteiger partial charge >= 0.3 is 5.97 Å². The number of hydrogen-bond acceptors (Lipinski definition) is 4. The molecular formula is C12H17NO3. The van der Waals surface area contributed by atoms with Crippen LogP contribution in [0.5, 0.6) is 5.88 Å². The fourth-order valence-electron chi connectivity index (χ4n) is 1.10. The molecule has 0 saturated heterocycles. The average Bonchev–Trinajstić information content (AvgIpc) is 2.28. The summed E-state index contributed by atoms with van der Waals surface area (Å²) in [7, 11) is 1.34. The van der Waals surface area contributed by atoms with E-state index in [0.717, 1.165) is 6.42 Å². The molecule has 88 valence electrons. The van der Waals surface area contributed by atoms with E-state index in [2.05, 4.69) is 23.6 Å². The predicted octanol–water partition coefficient (Wildman–Crippen LogP) is 2.29.